The molecule has 0 saturated heterocycles. The summed E-state index contributed by atoms with van der Waals surface area (Å²) in [6, 6.07) is 10.0. The Bertz CT molecular complexity index is 836. The molecule has 5 nitrogen and oxygen atoms in total. The van der Waals surface area contributed by atoms with Gasteiger partial charge < -0.3 is 10.2 Å². The van der Waals surface area contributed by atoms with Crippen molar-refractivity contribution in [1.82, 2.24) is 4.98 Å². The number of nitrogens with zero attached hydrogens (tertiary/aromatic N) is 3. The lowest BCUT2D eigenvalue weighted by atomic mass is 10.1. The van der Waals surface area contributed by atoms with E-state index in [2.05, 4.69) is 16.4 Å². The van der Waals surface area contributed by atoms with Gasteiger partial charge in [0, 0.05) is 30.5 Å². The Morgan fingerprint density at radius 2 is 2.13 bits per heavy atom. The zero-order valence-electron chi connectivity index (χ0n) is 13.5. The number of aryl methyl sites for hydroxylation is 2. The summed E-state index contributed by atoms with van der Waals surface area (Å²) in [5.74, 6) is 0.0663. The highest BCUT2D eigenvalue weighted by Gasteiger charge is 2.22. The number of anilines is 3. The summed E-state index contributed by atoms with van der Waals surface area (Å²) in [6.45, 7) is 6.06. The van der Waals surface area contributed by atoms with E-state index in [9.17, 15) is 10.1 Å². The zero-order chi connectivity index (χ0) is 16.6. The number of benzene rings is 1. The van der Waals surface area contributed by atoms with Gasteiger partial charge in [-0.05, 0) is 50.1 Å². The van der Waals surface area contributed by atoms with Crippen LogP contribution in [0, 0.1) is 25.2 Å². The number of nitriles is 1. The topological polar surface area (TPSA) is 69.0 Å². The monoisotopic (exact) mass is 306 g/mol. The number of aromatic nitrogens is 1. The quantitative estimate of drug-likeness (QED) is 0.925. The smallest absolute Gasteiger partial charge is 0.223 e. The molecule has 0 bridgehead atoms. The predicted molar refractivity (Wildman–Crippen MR) is 89.9 cm³/mol. The van der Waals surface area contributed by atoms with Crippen molar-refractivity contribution in [3.8, 4) is 6.07 Å². The van der Waals surface area contributed by atoms with Gasteiger partial charge in [0.15, 0.2) is 0 Å². The van der Waals surface area contributed by atoms with E-state index in [0.29, 0.717) is 5.56 Å². The first-order valence-corrected chi connectivity index (χ1v) is 7.56. The molecule has 0 fully saturated rings. The van der Waals surface area contributed by atoms with Crippen molar-refractivity contribution in [1.29, 1.82) is 5.26 Å². The van der Waals surface area contributed by atoms with Crippen LogP contribution in [0.1, 0.15) is 29.4 Å². The Kier molecular flexibility index (Phi) is 3.75. The minimum absolute atomic E-state index is 0.0663. The highest BCUT2D eigenvalue weighted by atomic mass is 16.2. The van der Waals surface area contributed by atoms with Crippen LogP contribution in [0.25, 0.3) is 0 Å². The van der Waals surface area contributed by atoms with Crippen LogP contribution < -0.4 is 10.2 Å². The third-order valence-corrected chi connectivity index (χ3v) is 4.07. The molecular weight excluding hydrogens is 288 g/mol. The van der Waals surface area contributed by atoms with E-state index >= 15 is 0 Å². The second kappa shape index (κ2) is 5.73. The van der Waals surface area contributed by atoms with Gasteiger partial charge in [0.1, 0.15) is 6.07 Å². The Labute approximate surface area is 135 Å². The lowest BCUT2D eigenvalue weighted by molar-refractivity contribution is -0.116. The van der Waals surface area contributed by atoms with Crippen LogP contribution in [0.15, 0.2) is 24.3 Å². The average Bonchev–Trinajstić information content (AvgIpc) is 2.90. The molecule has 1 aromatic carbocycles. The fourth-order valence-electron chi connectivity index (χ4n) is 3.03. The molecule has 1 aromatic heterocycles. The van der Waals surface area contributed by atoms with Gasteiger partial charge in [-0.2, -0.15) is 5.26 Å². The van der Waals surface area contributed by atoms with Crippen LogP contribution in [0.3, 0.4) is 0 Å². The highest BCUT2D eigenvalue weighted by molar-refractivity contribution is 5.94. The summed E-state index contributed by atoms with van der Waals surface area (Å²) in [7, 11) is 0. The number of rotatable bonds is 2. The summed E-state index contributed by atoms with van der Waals surface area (Å²) in [6.07, 6.45) is 0.851. The van der Waals surface area contributed by atoms with E-state index in [4.69, 9.17) is 0 Å². The molecule has 2 aromatic rings. The summed E-state index contributed by atoms with van der Waals surface area (Å²) < 4.78 is 0. The lowest BCUT2D eigenvalue weighted by Gasteiger charge is -2.16. The van der Waals surface area contributed by atoms with Gasteiger partial charge in [0.2, 0.25) is 5.91 Å². The Morgan fingerprint density at radius 1 is 1.35 bits per heavy atom. The van der Waals surface area contributed by atoms with Gasteiger partial charge in [-0.25, -0.2) is 0 Å². The van der Waals surface area contributed by atoms with Gasteiger partial charge in [0.05, 0.1) is 16.9 Å². The van der Waals surface area contributed by atoms with E-state index < -0.39 is 0 Å². The minimum Gasteiger partial charge on any atom is -0.354 e. The number of hydrogen-bond acceptors (Lipinski definition) is 4. The number of amides is 1. The maximum atomic E-state index is 11.6. The zero-order valence-corrected chi connectivity index (χ0v) is 13.5. The SMILES string of the molecule is CC(=O)N1CCc2cc(Nc3cc(C)nc(C)c3C#N)ccc21. The predicted octanol–water partition coefficient (Wildman–Crippen LogP) is 3.22. The van der Waals surface area contributed by atoms with E-state index in [1.54, 1.807) is 11.8 Å². The van der Waals surface area contributed by atoms with E-state index in [0.717, 1.165) is 47.0 Å². The maximum absolute atomic E-state index is 11.6. The molecule has 0 atom stereocenters. The van der Waals surface area contributed by atoms with Gasteiger partial charge in [0.25, 0.3) is 0 Å². The van der Waals surface area contributed by atoms with E-state index in [1.165, 1.54) is 0 Å². The van der Waals surface area contributed by atoms with Gasteiger partial charge in [-0.3, -0.25) is 9.78 Å². The molecule has 2 heterocycles. The van der Waals surface area contributed by atoms with Crippen molar-refractivity contribution < 1.29 is 4.79 Å². The summed E-state index contributed by atoms with van der Waals surface area (Å²) in [4.78, 5) is 17.7. The number of nitrogens with one attached hydrogen (secondary N) is 1. The molecule has 116 valence electrons. The molecule has 1 aliphatic heterocycles. The minimum atomic E-state index is 0.0663. The Morgan fingerprint density at radius 3 is 2.83 bits per heavy atom. The molecule has 3 rings (SSSR count). The van der Waals surface area contributed by atoms with Crippen molar-refractivity contribution in [2.24, 2.45) is 0 Å². The maximum Gasteiger partial charge on any atom is 0.223 e. The summed E-state index contributed by atoms with van der Waals surface area (Å²) >= 11 is 0. The summed E-state index contributed by atoms with van der Waals surface area (Å²) in [5, 5.41) is 12.7. The van der Waals surface area contributed by atoms with Crippen LogP contribution >= 0.6 is 0 Å². The Balaban J connectivity index is 1.94. The fraction of sp³-hybridized carbons (Fsp3) is 0.278. The molecule has 1 aliphatic rings. The first kappa shape index (κ1) is 15.0. The standard InChI is InChI=1S/C18H18N4O/c1-11-8-17(16(10-19)12(2)20-11)21-15-4-5-18-14(9-15)6-7-22(18)13(3)23/h4-5,8-9H,6-7H2,1-3H3,(H,20,21). The van der Waals surface area contributed by atoms with E-state index in [1.807, 2.05) is 38.1 Å². The van der Waals surface area contributed by atoms with E-state index in [-0.39, 0.29) is 5.91 Å². The van der Waals surface area contributed by atoms with Crippen LogP contribution in [0.2, 0.25) is 0 Å². The second-order valence-corrected chi connectivity index (χ2v) is 5.77. The van der Waals surface area contributed by atoms with Gasteiger partial charge in [-0.1, -0.05) is 0 Å². The molecule has 0 unspecified atom stereocenters. The average molecular weight is 306 g/mol. The molecule has 0 aliphatic carbocycles. The molecule has 0 spiro atoms. The van der Waals surface area contributed by atoms with Crippen molar-refractivity contribution in [2.45, 2.75) is 27.2 Å². The number of carbonyl (C=O) groups excluding carboxylic acids is 1. The third-order valence-electron chi connectivity index (χ3n) is 4.07. The number of pyridine rings is 1. The van der Waals surface area contributed by atoms with Crippen molar-refractivity contribution >= 4 is 23.0 Å². The van der Waals surface area contributed by atoms with Crippen LogP contribution in [-0.4, -0.2) is 17.4 Å². The first-order valence-electron chi connectivity index (χ1n) is 7.56. The number of fused-ring (bicyclic) bond motifs is 1. The molecule has 0 radical (unpaired) electrons. The van der Waals surface area contributed by atoms with Crippen molar-refractivity contribution in [3.05, 3.63) is 46.8 Å². The second-order valence-electron chi connectivity index (χ2n) is 5.77. The molecule has 5 heteroatoms. The molecule has 1 N–H and O–H groups in total. The van der Waals surface area contributed by atoms with Crippen LogP contribution in [0.5, 0.6) is 0 Å². The normalized spacial score (nSPS) is 12.7. The number of hydrogen-bond donors (Lipinski definition) is 1. The Hall–Kier alpha value is -2.87. The molecule has 0 saturated carbocycles. The molecular formula is C18H18N4O. The third kappa shape index (κ3) is 2.76. The van der Waals surface area contributed by atoms with Crippen molar-refractivity contribution in [2.75, 3.05) is 16.8 Å². The summed E-state index contributed by atoms with van der Waals surface area (Å²) in [5.41, 5.74) is 5.94. The fourth-order valence-corrected chi connectivity index (χ4v) is 3.03. The van der Waals surface area contributed by atoms with Crippen LogP contribution in [0.4, 0.5) is 17.1 Å². The lowest BCUT2D eigenvalue weighted by Crippen LogP contribution is -2.25. The highest BCUT2D eigenvalue weighted by Crippen LogP contribution is 2.32. The van der Waals surface area contributed by atoms with Gasteiger partial charge >= 0.3 is 0 Å². The van der Waals surface area contributed by atoms with Gasteiger partial charge in [-0.15, -0.1) is 0 Å². The molecule has 1 amide bonds. The van der Waals surface area contributed by atoms with Crippen molar-refractivity contribution in [3.63, 3.8) is 0 Å². The number of carbonyl (C=O) groups is 1. The largest absolute Gasteiger partial charge is 0.354 e. The first-order chi connectivity index (χ1) is 11.0. The molecule has 23 heavy (non-hydrogen) atoms. The van der Waals surface area contributed by atoms with Crippen LogP contribution in [-0.2, 0) is 11.2 Å².